The van der Waals surface area contributed by atoms with Crippen LogP contribution in [0.15, 0.2) is 42.5 Å². The predicted molar refractivity (Wildman–Crippen MR) is 113 cm³/mol. The van der Waals surface area contributed by atoms with Gasteiger partial charge in [-0.15, -0.1) is 0 Å². The number of carbonyl (C=O) groups is 1. The third-order valence-corrected chi connectivity index (χ3v) is 4.69. The molecule has 1 aliphatic rings. The fourth-order valence-corrected chi connectivity index (χ4v) is 3.19. The van der Waals surface area contributed by atoms with Crippen LogP contribution in [0.4, 0.5) is 0 Å². The first-order valence-electron chi connectivity index (χ1n) is 10.1. The van der Waals surface area contributed by atoms with Gasteiger partial charge >= 0.3 is 5.97 Å². The van der Waals surface area contributed by atoms with Gasteiger partial charge in [0.25, 0.3) is 0 Å². The van der Waals surface area contributed by atoms with Gasteiger partial charge in [-0.2, -0.15) is 0 Å². The summed E-state index contributed by atoms with van der Waals surface area (Å²) in [5.74, 6) is -0.407. The van der Waals surface area contributed by atoms with Crippen LogP contribution in [0.1, 0.15) is 69.8 Å². The van der Waals surface area contributed by atoms with Gasteiger partial charge in [-0.1, -0.05) is 65.0 Å². The Hall–Kier alpha value is -2.33. The summed E-state index contributed by atoms with van der Waals surface area (Å²) in [5, 5.41) is 9.65. The van der Waals surface area contributed by atoms with E-state index < -0.39 is 5.97 Å². The normalized spacial score (nSPS) is 16.7. The fourth-order valence-electron chi connectivity index (χ4n) is 3.19. The van der Waals surface area contributed by atoms with Crippen LogP contribution < -0.4 is 4.74 Å². The van der Waals surface area contributed by atoms with E-state index in [9.17, 15) is 9.90 Å². The molecule has 3 rings (SSSR count). The highest BCUT2D eigenvalue weighted by molar-refractivity contribution is 5.98. The Kier molecular flexibility index (Phi) is 7.64. The number of carboxylic acid groups (broad SMARTS) is 1. The SMILES string of the molecule is CC.CC(C)(C)c1ccc(-c2c(OC3CCCCO3)cccc2C(=O)O)cc1. The smallest absolute Gasteiger partial charge is 0.336 e. The van der Waals surface area contributed by atoms with Gasteiger partial charge in [0.1, 0.15) is 5.75 Å². The molecule has 0 bridgehead atoms. The highest BCUT2D eigenvalue weighted by Crippen LogP contribution is 2.36. The van der Waals surface area contributed by atoms with Gasteiger partial charge in [-0.25, -0.2) is 4.79 Å². The number of benzene rings is 2. The monoisotopic (exact) mass is 384 g/mol. The molecule has 152 valence electrons. The second kappa shape index (κ2) is 9.74. The van der Waals surface area contributed by atoms with E-state index >= 15 is 0 Å². The molecule has 4 heteroatoms. The maximum absolute atomic E-state index is 11.8. The summed E-state index contributed by atoms with van der Waals surface area (Å²) in [7, 11) is 0. The van der Waals surface area contributed by atoms with Gasteiger partial charge in [0, 0.05) is 12.0 Å². The molecule has 2 aromatic rings. The first kappa shape index (κ1) is 22.0. The van der Waals surface area contributed by atoms with E-state index in [1.54, 1.807) is 12.1 Å². The minimum atomic E-state index is -0.963. The molecule has 0 radical (unpaired) electrons. The van der Waals surface area contributed by atoms with E-state index in [4.69, 9.17) is 9.47 Å². The molecule has 1 unspecified atom stereocenters. The molecule has 4 nitrogen and oxygen atoms in total. The van der Waals surface area contributed by atoms with Gasteiger partial charge < -0.3 is 14.6 Å². The molecule has 0 spiro atoms. The molecule has 1 atom stereocenters. The number of aromatic carboxylic acids is 1. The van der Waals surface area contributed by atoms with Crippen molar-refractivity contribution >= 4 is 5.97 Å². The van der Waals surface area contributed by atoms with Crippen LogP contribution >= 0.6 is 0 Å². The van der Waals surface area contributed by atoms with Gasteiger partial charge in [-0.3, -0.25) is 0 Å². The van der Waals surface area contributed by atoms with Crippen molar-refractivity contribution < 1.29 is 19.4 Å². The third kappa shape index (κ3) is 5.35. The highest BCUT2D eigenvalue weighted by atomic mass is 16.7. The van der Waals surface area contributed by atoms with E-state index in [1.807, 2.05) is 32.0 Å². The Morgan fingerprint density at radius 3 is 2.29 bits per heavy atom. The van der Waals surface area contributed by atoms with Crippen LogP contribution in [0.2, 0.25) is 0 Å². The minimum Gasteiger partial charge on any atom is -0.478 e. The molecule has 0 saturated carbocycles. The highest BCUT2D eigenvalue weighted by Gasteiger charge is 2.22. The van der Waals surface area contributed by atoms with Crippen LogP contribution in [0, 0.1) is 0 Å². The number of ether oxygens (including phenoxy) is 2. The van der Waals surface area contributed by atoms with Crippen molar-refractivity contribution in [1.82, 2.24) is 0 Å². The molecule has 28 heavy (non-hydrogen) atoms. The zero-order chi connectivity index (χ0) is 20.7. The van der Waals surface area contributed by atoms with Crippen LogP contribution in [-0.2, 0) is 10.2 Å². The van der Waals surface area contributed by atoms with E-state index in [0.29, 0.717) is 17.9 Å². The van der Waals surface area contributed by atoms with Gasteiger partial charge in [0.2, 0.25) is 0 Å². The van der Waals surface area contributed by atoms with Gasteiger partial charge in [-0.05, 0) is 41.5 Å². The molecule has 0 amide bonds. The van der Waals surface area contributed by atoms with E-state index in [-0.39, 0.29) is 17.3 Å². The second-order valence-corrected chi connectivity index (χ2v) is 7.73. The van der Waals surface area contributed by atoms with E-state index in [1.165, 1.54) is 5.56 Å². The van der Waals surface area contributed by atoms with Crippen LogP contribution in [-0.4, -0.2) is 24.0 Å². The molecule has 1 aliphatic heterocycles. The zero-order valence-corrected chi connectivity index (χ0v) is 17.6. The van der Waals surface area contributed by atoms with Gasteiger partial charge in [0.05, 0.1) is 12.2 Å². The molecule has 1 saturated heterocycles. The molecule has 1 heterocycles. The molecular formula is C24H32O4. The van der Waals surface area contributed by atoms with Crippen LogP contribution in [0.25, 0.3) is 11.1 Å². The Morgan fingerprint density at radius 1 is 1.07 bits per heavy atom. The van der Waals surface area contributed by atoms with Crippen molar-refractivity contribution in [3.63, 3.8) is 0 Å². The lowest BCUT2D eigenvalue weighted by molar-refractivity contribution is -0.105. The summed E-state index contributed by atoms with van der Waals surface area (Å²) in [4.78, 5) is 11.8. The quantitative estimate of drug-likeness (QED) is 0.674. The molecule has 2 aromatic carbocycles. The van der Waals surface area contributed by atoms with E-state index in [2.05, 4.69) is 32.9 Å². The largest absolute Gasteiger partial charge is 0.478 e. The molecular weight excluding hydrogens is 352 g/mol. The lowest BCUT2D eigenvalue weighted by Crippen LogP contribution is -2.25. The number of rotatable bonds is 4. The summed E-state index contributed by atoms with van der Waals surface area (Å²) < 4.78 is 11.7. The molecule has 1 N–H and O–H groups in total. The number of hydrogen-bond donors (Lipinski definition) is 1. The minimum absolute atomic E-state index is 0.0418. The first-order valence-corrected chi connectivity index (χ1v) is 10.1. The lowest BCUT2D eigenvalue weighted by Gasteiger charge is -2.25. The lowest BCUT2D eigenvalue weighted by atomic mass is 9.86. The van der Waals surface area contributed by atoms with Crippen LogP contribution in [0.5, 0.6) is 5.75 Å². The summed E-state index contributed by atoms with van der Waals surface area (Å²) in [6, 6.07) is 13.2. The zero-order valence-electron chi connectivity index (χ0n) is 17.6. The van der Waals surface area contributed by atoms with Crippen molar-refractivity contribution in [1.29, 1.82) is 0 Å². The fraction of sp³-hybridized carbons (Fsp3) is 0.458. The maximum atomic E-state index is 11.8. The average molecular weight is 385 g/mol. The molecule has 1 fully saturated rings. The average Bonchev–Trinajstić information content (AvgIpc) is 2.69. The Balaban J connectivity index is 0.00000136. The predicted octanol–water partition coefficient (Wildman–Crippen LogP) is 6.28. The van der Waals surface area contributed by atoms with Crippen molar-refractivity contribution in [3.05, 3.63) is 53.6 Å². The summed E-state index contributed by atoms with van der Waals surface area (Å²) in [6.45, 7) is 11.1. The second-order valence-electron chi connectivity index (χ2n) is 7.73. The summed E-state index contributed by atoms with van der Waals surface area (Å²) >= 11 is 0. The molecule has 0 aromatic heterocycles. The first-order chi connectivity index (χ1) is 13.4. The Morgan fingerprint density at radius 2 is 1.75 bits per heavy atom. The topological polar surface area (TPSA) is 55.8 Å². The maximum Gasteiger partial charge on any atom is 0.336 e. The van der Waals surface area contributed by atoms with E-state index in [0.717, 1.165) is 24.8 Å². The summed E-state index contributed by atoms with van der Waals surface area (Å²) in [5.41, 5.74) is 2.92. The summed E-state index contributed by atoms with van der Waals surface area (Å²) in [6.07, 6.45) is 2.59. The standard InChI is InChI=1S/C22H26O4.C2H6/c1-22(2,3)16-12-10-15(11-13-16)20-17(21(23)24)7-6-8-18(20)26-19-9-4-5-14-25-19;1-2/h6-8,10-13,19H,4-5,9,14H2,1-3H3,(H,23,24);1-2H3. The molecule has 0 aliphatic carbocycles. The van der Waals surface area contributed by atoms with Crippen molar-refractivity contribution in [2.24, 2.45) is 0 Å². The number of carboxylic acids is 1. The third-order valence-electron chi connectivity index (χ3n) is 4.69. The van der Waals surface area contributed by atoms with Crippen LogP contribution in [0.3, 0.4) is 0 Å². The van der Waals surface area contributed by atoms with Crippen molar-refractivity contribution in [2.45, 2.75) is 65.6 Å². The Labute approximate surface area is 168 Å². The van der Waals surface area contributed by atoms with Crippen molar-refractivity contribution in [3.8, 4) is 16.9 Å². The number of hydrogen-bond acceptors (Lipinski definition) is 3. The van der Waals surface area contributed by atoms with Crippen molar-refractivity contribution in [2.75, 3.05) is 6.61 Å². The van der Waals surface area contributed by atoms with Gasteiger partial charge in [0.15, 0.2) is 6.29 Å². The Bertz CT molecular complexity index is 766.